The summed E-state index contributed by atoms with van der Waals surface area (Å²) in [6, 6.07) is 6.68. The number of aliphatic hydroxyl groups is 1. The summed E-state index contributed by atoms with van der Waals surface area (Å²) in [6.45, 7) is 3.85. The molecule has 0 fully saturated rings. The fraction of sp³-hybridized carbons (Fsp3) is 0.333. The Bertz CT molecular complexity index is 524. The molecule has 94 valence electrons. The van der Waals surface area contributed by atoms with E-state index in [1.54, 1.807) is 24.3 Å². The minimum absolute atomic E-state index is 0.143. The molecule has 1 aromatic rings. The SMILES string of the molecule is CC(C)=CC[C@@H]1C(=O)c2ccccc2C(=O)[C@H]1O. The summed E-state index contributed by atoms with van der Waals surface area (Å²) in [5, 5.41) is 9.97. The van der Waals surface area contributed by atoms with Gasteiger partial charge in [-0.2, -0.15) is 0 Å². The van der Waals surface area contributed by atoms with Crippen LogP contribution in [0.2, 0.25) is 0 Å². The van der Waals surface area contributed by atoms with Crippen LogP contribution in [0.5, 0.6) is 0 Å². The van der Waals surface area contributed by atoms with Gasteiger partial charge in [-0.1, -0.05) is 35.9 Å². The summed E-state index contributed by atoms with van der Waals surface area (Å²) in [5.74, 6) is -1.14. The highest BCUT2D eigenvalue weighted by atomic mass is 16.3. The van der Waals surface area contributed by atoms with Gasteiger partial charge in [-0.25, -0.2) is 0 Å². The molecule has 3 nitrogen and oxygen atoms in total. The number of rotatable bonds is 2. The highest BCUT2D eigenvalue weighted by Gasteiger charge is 2.39. The van der Waals surface area contributed by atoms with Gasteiger partial charge in [0.15, 0.2) is 11.6 Å². The molecule has 2 atom stereocenters. The fourth-order valence-electron chi connectivity index (χ4n) is 2.20. The number of aliphatic hydroxyl groups excluding tert-OH is 1. The van der Waals surface area contributed by atoms with E-state index in [0.717, 1.165) is 5.57 Å². The quantitative estimate of drug-likeness (QED) is 0.813. The Morgan fingerprint density at radius 2 is 1.72 bits per heavy atom. The summed E-state index contributed by atoms with van der Waals surface area (Å²) in [5.41, 5.74) is 1.84. The van der Waals surface area contributed by atoms with Crippen molar-refractivity contribution in [1.29, 1.82) is 0 Å². The summed E-state index contributed by atoms with van der Waals surface area (Å²) in [7, 11) is 0. The molecular formula is C15H16O3. The van der Waals surface area contributed by atoms with Gasteiger partial charge in [-0.15, -0.1) is 0 Å². The van der Waals surface area contributed by atoms with Gasteiger partial charge in [0.2, 0.25) is 0 Å². The van der Waals surface area contributed by atoms with Gasteiger partial charge in [-0.05, 0) is 20.3 Å². The first-order valence-electron chi connectivity index (χ1n) is 6.01. The van der Waals surface area contributed by atoms with Crippen molar-refractivity contribution in [3.05, 3.63) is 47.0 Å². The predicted octanol–water partition coefficient (Wildman–Crippen LogP) is 2.40. The van der Waals surface area contributed by atoms with Crippen LogP contribution >= 0.6 is 0 Å². The molecule has 0 aliphatic heterocycles. The lowest BCUT2D eigenvalue weighted by Gasteiger charge is -2.26. The number of hydrogen-bond donors (Lipinski definition) is 1. The number of fused-ring (bicyclic) bond motifs is 1. The van der Waals surface area contributed by atoms with Crippen LogP contribution in [0.3, 0.4) is 0 Å². The van der Waals surface area contributed by atoms with Crippen molar-refractivity contribution < 1.29 is 14.7 Å². The molecule has 1 N–H and O–H groups in total. The first-order chi connectivity index (χ1) is 8.52. The van der Waals surface area contributed by atoms with E-state index in [0.29, 0.717) is 17.5 Å². The zero-order chi connectivity index (χ0) is 13.3. The van der Waals surface area contributed by atoms with Crippen LogP contribution < -0.4 is 0 Å². The number of carbonyl (C=O) groups excluding carboxylic acids is 2. The Kier molecular flexibility index (Phi) is 3.43. The molecule has 0 unspecified atom stereocenters. The van der Waals surface area contributed by atoms with Gasteiger partial charge >= 0.3 is 0 Å². The highest BCUT2D eigenvalue weighted by Crippen LogP contribution is 2.28. The minimum atomic E-state index is -1.22. The first kappa shape index (κ1) is 12.7. The van der Waals surface area contributed by atoms with Crippen LogP contribution in [0.4, 0.5) is 0 Å². The van der Waals surface area contributed by atoms with Gasteiger partial charge < -0.3 is 5.11 Å². The normalized spacial score (nSPS) is 22.6. The van der Waals surface area contributed by atoms with Gasteiger partial charge in [0.25, 0.3) is 0 Å². The smallest absolute Gasteiger partial charge is 0.192 e. The van der Waals surface area contributed by atoms with E-state index in [2.05, 4.69) is 0 Å². The summed E-state index contributed by atoms with van der Waals surface area (Å²) in [6.07, 6.45) is 1.07. The van der Waals surface area contributed by atoms with Crippen LogP contribution in [-0.2, 0) is 0 Å². The molecule has 0 amide bonds. The van der Waals surface area contributed by atoms with E-state index in [1.165, 1.54) is 0 Å². The zero-order valence-electron chi connectivity index (χ0n) is 10.5. The number of benzene rings is 1. The Morgan fingerprint density at radius 1 is 1.17 bits per heavy atom. The molecule has 1 aromatic carbocycles. The summed E-state index contributed by atoms with van der Waals surface area (Å²) in [4.78, 5) is 24.2. The van der Waals surface area contributed by atoms with E-state index in [-0.39, 0.29) is 11.6 Å². The Hall–Kier alpha value is -1.74. The number of Topliss-reactive ketones (excluding diaryl/α,β-unsaturated/α-hetero) is 2. The third kappa shape index (κ3) is 2.14. The largest absolute Gasteiger partial charge is 0.384 e. The van der Waals surface area contributed by atoms with Crippen molar-refractivity contribution in [3.8, 4) is 0 Å². The molecule has 0 heterocycles. The lowest BCUT2D eigenvalue weighted by atomic mass is 9.78. The van der Waals surface area contributed by atoms with Crippen LogP contribution in [0, 0.1) is 5.92 Å². The Morgan fingerprint density at radius 3 is 2.28 bits per heavy atom. The second-order valence-corrected chi connectivity index (χ2v) is 4.84. The molecule has 0 saturated carbocycles. The molecule has 2 rings (SSSR count). The van der Waals surface area contributed by atoms with Crippen LogP contribution in [0.25, 0.3) is 0 Å². The highest BCUT2D eigenvalue weighted by molar-refractivity contribution is 6.17. The van der Waals surface area contributed by atoms with Crippen molar-refractivity contribution in [2.24, 2.45) is 5.92 Å². The van der Waals surface area contributed by atoms with E-state index < -0.39 is 12.0 Å². The maximum Gasteiger partial charge on any atom is 0.192 e. The topological polar surface area (TPSA) is 54.4 Å². The molecule has 0 saturated heterocycles. The van der Waals surface area contributed by atoms with Gasteiger partial charge in [-0.3, -0.25) is 9.59 Å². The van der Waals surface area contributed by atoms with Crippen molar-refractivity contribution in [2.75, 3.05) is 0 Å². The average molecular weight is 244 g/mol. The lowest BCUT2D eigenvalue weighted by molar-refractivity contribution is 0.0505. The van der Waals surface area contributed by atoms with Crippen molar-refractivity contribution in [3.63, 3.8) is 0 Å². The van der Waals surface area contributed by atoms with Gasteiger partial charge in [0.05, 0.1) is 5.92 Å². The van der Waals surface area contributed by atoms with Crippen LogP contribution in [0.15, 0.2) is 35.9 Å². The molecule has 3 heteroatoms. The fourth-order valence-corrected chi connectivity index (χ4v) is 2.20. The van der Waals surface area contributed by atoms with E-state index in [4.69, 9.17) is 0 Å². The van der Waals surface area contributed by atoms with Gasteiger partial charge in [0, 0.05) is 11.1 Å². The average Bonchev–Trinajstić information content (AvgIpc) is 2.36. The molecule has 1 aliphatic rings. The maximum atomic E-state index is 12.2. The standard InChI is InChI=1S/C15H16O3/c1-9(2)7-8-12-13(16)10-5-3-4-6-11(10)14(17)15(12)18/h3-7,12,15,18H,8H2,1-2H3/t12-,15+/m1/s1. The minimum Gasteiger partial charge on any atom is -0.384 e. The molecule has 0 aromatic heterocycles. The van der Waals surface area contributed by atoms with Crippen molar-refractivity contribution in [2.45, 2.75) is 26.4 Å². The summed E-state index contributed by atoms with van der Waals surface area (Å²) >= 11 is 0. The second kappa shape index (κ2) is 4.86. The number of carbonyl (C=O) groups is 2. The first-order valence-corrected chi connectivity index (χ1v) is 6.01. The van der Waals surface area contributed by atoms with E-state index >= 15 is 0 Å². The van der Waals surface area contributed by atoms with Crippen molar-refractivity contribution in [1.82, 2.24) is 0 Å². The number of ketones is 2. The molecule has 0 spiro atoms. The molecule has 0 radical (unpaired) electrons. The number of allylic oxidation sites excluding steroid dienone is 2. The molecule has 1 aliphatic carbocycles. The molecular weight excluding hydrogens is 228 g/mol. The maximum absolute atomic E-state index is 12.2. The molecule has 0 bridgehead atoms. The Labute approximate surface area is 106 Å². The second-order valence-electron chi connectivity index (χ2n) is 4.84. The zero-order valence-corrected chi connectivity index (χ0v) is 10.5. The number of hydrogen-bond acceptors (Lipinski definition) is 3. The van der Waals surface area contributed by atoms with Crippen LogP contribution in [0.1, 0.15) is 41.0 Å². The van der Waals surface area contributed by atoms with Gasteiger partial charge in [0.1, 0.15) is 6.10 Å². The molecule has 18 heavy (non-hydrogen) atoms. The lowest BCUT2D eigenvalue weighted by Crippen LogP contribution is -2.40. The monoisotopic (exact) mass is 244 g/mol. The predicted molar refractivity (Wildman–Crippen MR) is 68.6 cm³/mol. The van der Waals surface area contributed by atoms with E-state index in [1.807, 2.05) is 19.9 Å². The summed E-state index contributed by atoms with van der Waals surface area (Å²) < 4.78 is 0. The third-order valence-electron chi connectivity index (χ3n) is 3.22. The van der Waals surface area contributed by atoms with Crippen LogP contribution in [-0.4, -0.2) is 22.8 Å². The third-order valence-corrected chi connectivity index (χ3v) is 3.22. The van der Waals surface area contributed by atoms with Crippen molar-refractivity contribution >= 4 is 11.6 Å². The van der Waals surface area contributed by atoms with E-state index in [9.17, 15) is 14.7 Å². The Balaban J connectivity index is 2.39.